The van der Waals surface area contributed by atoms with Crippen LogP contribution < -0.4 is 4.90 Å². The van der Waals surface area contributed by atoms with Gasteiger partial charge in [0, 0.05) is 5.92 Å². The van der Waals surface area contributed by atoms with Crippen molar-refractivity contribution in [1.82, 2.24) is 14.8 Å². The smallest absolute Gasteiger partial charge is 0.232 e. The van der Waals surface area contributed by atoms with Crippen LogP contribution in [0.2, 0.25) is 0 Å². The molecule has 0 bridgehead atoms. The van der Waals surface area contributed by atoms with Crippen LogP contribution in [-0.4, -0.2) is 20.7 Å². The number of rotatable bonds is 3. The van der Waals surface area contributed by atoms with E-state index >= 15 is 0 Å². The van der Waals surface area contributed by atoms with Crippen molar-refractivity contribution in [2.75, 3.05) is 4.90 Å². The van der Waals surface area contributed by atoms with Crippen molar-refractivity contribution in [1.29, 1.82) is 0 Å². The zero-order chi connectivity index (χ0) is 19.0. The molecule has 0 radical (unpaired) electrons. The number of anilines is 1. The molecule has 0 spiro atoms. The van der Waals surface area contributed by atoms with E-state index in [1.165, 1.54) is 11.1 Å². The monoisotopic (exact) mass is 360 g/mol. The van der Waals surface area contributed by atoms with Crippen LogP contribution in [0.25, 0.3) is 0 Å². The Labute approximate surface area is 159 Å². The van der Waals surface area contributed by atoms with Crippen molar-refractivity contribution in [3.8, 4) is 0 Å². The second kappa shape index (κ2) is 6.99. The van der Waals surface area contributed by atoms with Gasteiger partial charge in [0.2, 0.25) is 11.9 Å². The summed E-state index contributed by atoms with van der Waals surface area (Å²) in [5.74, 6) is 0.581. The Balaban J connectivity index is 1.84. The number of aryl methyl sites for hydroxylation is 1. The highest BCUT2D eigenvalue weighted by molar-refractivity contribution is 5.94. The average Bonchev–Trinajstić information content (AvgIpc) is 3.17. The number of amides is 1. The predicted octanol–water partition coefficient (Wildman–Crippen LogP) is 4.31. The number of aromatic nitrogens is 3. The van der Waals surface area contributed by atoms with Crippen molar-refractivity contribution in [3.63, 3.8) is 0 Å². The van der Waals surface area contributed by atoms with E-state index in [4.69, 9.17) is 0 Å². The minimum atomic E-state index is -0.114. The van der Waals surface area contributed by atoms with E-state index in [9.17, 15) is 4.79 Å². The van der Waals surface area contributed by atoms with E-state index < -0.39 is 0 Å². The van der Waals surface area contributed by atoms with Gasteiger partial charge in [-0.15, -0.1) is 0 Å². The van der Waals surface area contributed by atoms with E-state index in [2.05, 4.69) is 53.4 Å². The van der Waals surface area contributed by atoms with Crippen molar-refractivity contribution >= 4 is 11.9 Å². The summed E-state index contributed by atoms with van der Waals surface area (Å²) in [5, 5.41) is 4.47. The summed E-state index contributed by atoms with van der Waals surface area (Å²) >= 11 is 0. The Morgan fingerprint density at radius 1 is 1.00 bits per heavy atom. The molecule has 5 heteroatoms. The van der Waals surface area contributed by atoms with Gasteiger partial charge in [0.15, 0.2) is 0 Å². The Kier molecular flexibility index (Phi) is 4.52. The van der Waals surface area contributed by atoms with Crippen molar-refractivity contribution in [3.05, 3.63) is 77.6 Å². The third-order valence-corrected chi connectivity index (χ3v) is 5.20. The number of benzene rings is 2. The zero-order valence-electron chi connectivity index (χ0n) is 15.9. The molecule has 138 valence electrons. The van der Waals surface area contributed by atoms with Crippen molar-refractivity contribution < 1.29 is 4.79 Å². The maximum Gasteiger partial charge on any atom is 0.232 e. The molecule has 0 saturated heterocycles. The number of hydrogen-bond donors (Lipinski definition) is 0. The zero-order valence-corrected chi connectivity index (χ0v) is 15.9. The standard InChI is InChI=1S/C22H24N4O/c1-15(2)21(27)25-19(17-7-5-4-6-8-17)13-20(26-22(25)23-14-24-26)18-11-9-16(3)10-12-18/h4-12,14-15,19-20H,13H2,1-3H3/t19-,20-/m1/s1. The lowest BCUT2D eigenvalue weighted by Gasteiger charge is -2.39. The first-order valence-corrected chi connectivity index (χ1v) is 9.40. The molecule has 0 unspecified atom stereocenters. The fourth-order valence-electron chi connectivity index (χ4n) is 3.75. The topological polar surface area (TPSA) is 51.0 Å². The predicted molar refractivity (Wildman–Crippen MR) is 105 cm³/mol. The number of nitrogens with zero attached hydrogens (tertiary/aromatic N) is 4. The number of fused-ring (bicyclic) bond motifs is 1. The fraction of sp³-hybridized carbons (Fsp3) is 0.318. The van der Waals surface area contributed by atoms with Crippen LogP contribution in [-0.2, 0) is 4.79 Å². The quantitative estimate of drug-likeness (QED) is 0.699. The summed E-state index contributed by atoms with van der Waals surface area (Å²) < 4.78 is 1.89. The Bertz CT molecular complexity index is 930. The molecule has 5 nitrogen and oxygen atoms in total. The molecule has 0 fully saturated rings. The largest absolute Gasteiger partial charge is 0.274 e. The molecule has 2 heterocycles. The van der Waals surface area contributed by atoms with Gasteiger partial charge in [-0.25, -0.2) is 4.68 Å². The minimum absolute atomic E-state index is 0.0459. The van der Waals surface area contributed by atoms with Crippen LogP contribution in [0.15, 0.2) is 60.9 Å². The lowest BCUT2D eigenvalue weighted by molar-refractivity contribution is -0.122. The molecule has 0 saturated carbocycles. The maximum atomic E-state index is 13.1. The van der Waals surface area contributed by atoms with E-state index in [-0.39, 0.29) is 23.9 Å². The van der Waals surface area contributed by atoms with Crippen LogP contribution in [0.4, 0.5) is 5.95 Å². The van der Waals surface area contributed by atoms with Gasteiger partial charge in [0.05, 0.1) is 12.1 Å². The normalized spacial score (nSPS) is 19.2. The third kappa shape index (κ3) is 3.14. The first-order chi connectivity index (χ1) is 13.1. The molecule has 2 aromatic carbocycles. The Morgan fingerprint density at radius 2 is 1.67 bits per heavy atom. The fourth-order valence-corrected chi connectivity index (χ4v) is 3.75. The highest BCUT2D eigenvalue weighted by Gasteiger charge is 2.39. The van der Waals surface area contributed by atoms with Gasteiger partial charge in [-0.3, -0.25) is 9.69 Å². The van der Waals surface area contributed by atoms with E-state index in [1.807, 2.05) is 41.6 Å². The van der Waals surface area contributed by atoms with Crippen LogP contribution >= 0.6 is 0 Å². The molecule has 1 aliphatic rings. The summed E-state index contributed by atoms with van der Waals surface area (Å²) in [6.45, 7) is 5.94. The van der Waals surface area contributed by atoms with Crippen LogP contribution in [0, 0.1) is 12.8 Å². The van der Waals surface area contributed by atoms with Crippen molar-refractivity contribution in [2.45, 2.75) is 39.3 Å². The highest BCUT2D eigenvalue weighted by atomic mass is 16.2. The summed E-state index contributed by atoms with van der Waals surface area (Å²) in [4.78, 5) is 19.4. The Morgan fingerprint density at radius 3 is 2.33 bits per heavy atom. The third-order valence-electron chi connectivity index (χ3n) is 5.20. The highest BCUT2D eigenvalue weighted by Crippen LogP contribution is 2.42. The van der Waals surface area contributed by atoms with Crippen LogP contribution in [0.3, 0.4) is 0 Å². The van der Waals surface area contributed by atoms with Crippen molar-refractivity contribution in [2.24, 2.45) is 5.92 Å². The minimum Gasteiger partial charge on any atom is -0.274 e. The van der Waals surface area contributed by atoms with Gasteiger partial charge < -0.3 is 0 Å². The Hall–Kier alpha value is -2.95. The van der Waals surface area contributed by atoms with Crippen LogP contribution in [0.5, 0.6) is 0 Å². The maximum absolute atomic E-state index is 13.1. The van der Waals surface area contributed by atoms with E-state index in [0.717, 1.165) is 12.0 Å². The summed E-state index contributed by atoms with van der Waals surface area (Å²) in [6, 6.07) is 18.7. The van der Waals surface area contributed by atoms with Gasteiger partial charge in [0.1, 0.15) is 6.33 Å². The average molecular weight is 360 g/mol. The van der Waals surface area contributed by atoms with E-state index in [0.29, 0.717) is 5.95 Å². The molecular formula is C22H24N4O. The summed E-state index contributed by atoms with van der Waals surface area (Å²) in [5.41, 5.74) is 3.53. The number of hydrogen-bond acceptors (Lipinski definition) is 3. The lowest BCUT2D eigenvalue weighted by Crippen LogP contribution is -2.44. The molecule has 0 aliphatic carbocycles. The second-order valence-corrected chi connectivity index (χ2v) is 7.46. The lowest BCUT2D eigenvalue weighted by atomic mass is 9.91. The molecule has 3 aromatic rings. The molecular weight excluding hydrogens is 336 g/mol. The molecule has 27 heavy (non-hydrogen) atoms. The van der Waals surface area contributed by atoms with Gasteiger partial charge in [-0.05, 0) is 24.5 Å². The molecule has 2 atom stereocenters. The summed E-state index contributed by atoms with van der Waals surface area (Å²) in [7, 11) is 0. The number of carbonyl (C=O) groups excluding carboxylic acids is 1. The summed E-state index contributed by atoms with van der Waals surface area (Å²) in [6.07, 6.45) is 2.31. The molecule has 1 aromatic heterocycles. The van der Waals surface area contributed by atoms with Gasteiger partial charge >= 0.3 is 0 Å². The first-order valence-electron chi connectivity index (χ1n) is 9.40. The van der Waals surface area contributed by atoms with Gasteiger partial charge in [-0.1, -0.05) is 74.0 Å². The first kappa shape index (κ1) is 17.5. The second-order valence-electron chi connectivity index (χ2n) is 7.46. The van der Waals surface area contributed by atoms with Crippen LogP contribution in [0.1, 0.15) is 49.0 Å². The van der Waals surface area contributed by atoms with Gasteiger partial charge in [0.25, 0.3) is 0 Å². The SMILES string of the molecule is Cc1ccc([C@H]2C[C@H](c3ccccc3)N(C(=O)C(C)C)c3ncnn32)cc1. The number of carbonyl (C=O) groups is 1. The molecule has 1 aliphatic heterocycles. The van der Waals surface area contributed by atoms with E-state index in [1.54, 1.807) is 6.33 Å². The van der Waals surface area contributed by atoms with Gasteiger partial charge in [-0.2, -0.15) is 10.1 Å². The molecule has 1 amide bonds. The molecule has 0 N–H and O–H groups in total. The molecule has 4 rings (SSSR count).